The topological polar surface area (TPSA) is 165 Å². The number of methoxy groups -OCH3 is 1. The Labute approximate surface area is 359 Å². The van der Waals surface area contributed by atoms with Crippen molar-refractivity contribution < 1.29 is 45.9 Å². The first-order valence-electron chi connectivity index (χ1n) is 20.9. The molecule has 0 unspecified atom stereocenters. The number of hydrogen-bond donors (Lipinski definition) is 1. The molecule has 4 heterocycles. The maximum Gasteiger partial charge on any atom is 0.265 e. The van der Waals surface area contributed by atoms with Crippen molar-refractivity contribution in [2.45, 2.75) is 115 Å². The van der Waals surface area contributed by atoms with E-state index in [1.807, 2.05) is 25.3 Å². The lowest BCUT2D eigenvalue weighted by atomic mass is 9.77. The minimum Gasteiger partial charge on any atom is -0.497 e. The van der Waals surface area contributed by atoms with Crippen LogP contribution in [0, 0.1) is 22.7 Å². The van der Waals surface area contributed by atoms with Crippen LogP contribution in [-0.2, 0) is 29.2 Å². The van der Waals surface area contributed by atoms with Crippen molar-refractivity contribution >= 4 is 55.8 Å². The number of Topliss-reactive ketones (excluding diaryl/α,β-unsaturated/α-hetero) is 1. The third-order valence-corrected chi connectivity index (χ3v) is 15.3. The number of nitrogens with zero attached hydrogens (tertiary/aromatic N) is 4. The first kappa shape index (κ1) is 44.5. The summed E-state index contributed by atoms with van der Waals surface area (Å²) >= 11 is 1.45. The van der Waals surface area contributed by atoms with Crippen molar-refractivity contribution in [1.29, 1.82) is 0 Å². The zero-order chi connectivity index (χ0) is 44.2. The first-order chi connectivity index (χ1) is 28.6. The molecule has 1 N–H and O–H groups in total. The maximum atomic E-state index is 14.9. The van der Waals surface area contributed by atoms with Gasteiger partial charge in [-0.25, -0.2) is 27.2 Å². The van der Waals surface area contributed by atoms with Crippen molar-refractivity contribution in [2.75, 3.05) is 26.7 Å². The Balaban J connectivity index is 1.22. The second-order valence-corrected chi connectivity index (χ2v) is 21.3. The highest BCUT2D eigenvalue weighted by atomic mass is 32.2. The van der Waals surface area contributed by atoms with Crippen LogP contribution in [0.1, 0.15) is 97.6 Å². The Morgan fingerprint density at radius 1 is 1.13 bits per heavy atom. The number of alkyl halides is 2. The van der Waals surface area contributed by atoms with E-state index in [4.69, 9.17) is 19.4 Å². The highest BCUT2D eigenvalue weighted by Gasteiger charge is 2.61. The molecule has 2 saturated heterocycles. The Hall–Kier alpha value is -4.51. The number of rotatable bonds is 15. The van der Waals surface area contributed by atoms with Crippen LogP contribution in [0.25, 0.3) is 21.6 Å². The van der Waals surface area contributed by atoms with E-state index >= 15 is 0 Å². The number of halogens is 2. The fourth-order valence-electron chi connectivity index (χ4n) is 8.55. The second kappa shape index (κ2) is 16.6. The van der Waals surface area contributed by atoms with Gasteiger partial charge in [-0.15, -0.1) is 17.9 Å². The van der Waals surface area contributed by atoms with E-state index in [2.05, 4.69) is 11.3 Å². The van der Waals surface area contributed by atoms with Gasteiger partial charge in [-0.05, 0) is 55.1 Å². The van der Waals surface area contributed by atoms with Crippen molar-refractivity contribution in [1.82, 2.24) is 24.5 Å². The van der Waals surface area contributed by atoms with Crippen LogP contribution < -0.4 is 14.2 Å². The highest BCUT2D eigenvalue weighted by Crippen LogP contribution is 2.57. The SMILES string of the molecule is C=C[C@@H]1C[C@]1(CC(=O)[C@@H]1C[C@@H](Oc2cc(-c3nc(C(C)C)cs3)nc3cc(OC)ccc23)CN1C(=O)[C@@H](CC(=O)N1CCCC(F)(F)C1)C(C)(C)C)C(=O)NS(=O)(=O)C1CC1. The van der Waals surface area contributed by atoms with Gasteiger partial charge in [0.2, 0.25) is 27.7 Å². The molecule has 2 aliphatic carbocycles. The lowest BCUT2D eigenvalue weighted by Gasteiger charge is -2.37. The number of fused-ring (bicyclic) bond motifs is 1. The number of carbonyl (C=O) groups is 4. The average molecular weight is 884 g/mol. The number of sulfonamides is 1. The predicted octanol–water partition coefficient (Wildman–Crippen LogP) is 6.91. The number of aromatic nitrogens is 2. The summed E-state index contributed by atoms with van der Waals surface area (Å²) in [5, 5.41) is 2.64. The number of hydrogen-bond acceptors (Lipinski definition) is 11. The van der Waals surface area contributed by atoms with E-state index in [9.17, 15) is 36.4 Å². The van der Waals surface area contributed by atoms with Gasteiger partial charge in [0, 0.05) is 55.1 Å². The van der Waals surface area contributed by atoms with E-state index in [0.717, 1.165) is 10.6 Å². The van der Waals surface area contributed by atoms with Gasteiger partial charge in [0.1, 0.15) is 28.3 Å². The number of thiazole rings is 1. The van der Waals surface area contributed by atoms with Crippen LogP contribution in [0.2, 0.25) is 0 Å². The summed E-state index contributed by atoms with van der Waals surface area (Å²) in [6, 6.07) is 6.03. The number of ketones is 1. The quantitative estimate of drug-likeness (QED) is 0.159. The summed E-state index contributed by atoms with van der Waals surface area (Å²) in [6.45, 7) is 12.6. The molecule has 1 aromatic carbocycles. The van der Waals surface area contributed by atoms with E-state index in [1.165, 1.54) is 16.2 Å². The summed E-state index contributed by atoms with van der Waals surface area (Å²) in [7, 11) is -2.36. The Kier molecular flexibility index (Phi) is 12.2. The molecule has 3 aromatic rings. The third-order valence-electron chi connectivity index (χ3n) is 12.5. The van der Waals surface area contributed by atoms with Crippen LogP contribution in [-0.4, -0.2) is 102 Å². The van der Waals surface area contributed by atoms with Gasteiger partial charge < -0.3 is 19.3 Å². The fourth-order valence-corrected chi connectivity index (χ4v) is 10.9. The van der Waals surface area contributed by atoms with Gasteiger partial charge in [-0.3, -0.25) is 23.9 Å². The molecule has 7 rings (SSSR count). The fraction of sp³-hybridized carbons (Fsp3) is 0.591. The lowest BCUT2D eigenvalue weighted by Crippen LogP contribution is -2.51. The maximum absolute atomic E-state index is 14.9. The molecule has 330 valence electrons. The first-order valence-corrected chi connectivity index (χ1v) is 23.4. The predicted molar refractivity (Wildman–Crippen MR) is 227 cm³/mol. The lowest BCUT2D eigenvalue weighted by molar-refractivity contribution is -0.151. The number of amides is 3. The molecule has 4 aliphatic rings. The summed E-state index contributed by atoms with van der Waals surface area (Å²) in [5.41, 5.74) is -0.171. The van der Waals surface area contributed by atoms with Gasteiger partial charge >= 0.3 is 0 Å². The number of likely N-dealkylation sites (tertiary alicyclic amines) is 2. The Bertz CT molecular complexity index is 2340. The minimum absolute atomic E-state index is 0.0224. The van der Waals surface area contributed by atoms with Gasteiger partial charge in [-0.1, -0.05) is 40.7 Å². The number of allylic oxidation sites excluding steroid dienone is 1. The van der Waals surface area contributed by atoms with Crippen LogP contribution in [0.15, 0.2) is 42.3 Å². The minimum atomic E-state index is -3.92. The monoisotopic (exact) mass is 883 g/mol. The van der Waals surface area contributed by atoms with Crippen LogP contribution in [0.4, 0.5) is 8.78 Å². The van der Waals surface area contributed by atoms with E-state index in [1.54, 1.807) is 52.2 Å². The van der Waals surface area contributed by atoms with E-state index in [-0.39, 0.29) is 57.5 Å². The summed E-state index contributed by atoms with van der Waals surface area (Å²) in [5.74, 6) is -5.64. The molecule has 17 heteroatoms. The molecule has 13 nitrogen and oxygen atoms in total. The number of benzene rings is 1. The summed E-state index contributed by atoms with van der Waals surface area (Å²) in [6.07, 6.45) is 1.02. The zero-order valence-corrected chi connectivity index (χ0v) is 37.2. The molecule has 4 fully saturated rings. The van der Waals surface area contributed by atoms with Crippen molar-refractivity contribution in [3.05, 3.63) is 48.0 Å². The summed E-state index contributed by atoms with van der Waals surface area (Å²) in [4.78, 5) is 69.2. The van der Waals surface area contributed by atoms with Gasteiger partial charge in [0.15, 0.2) is 5.78 Å². The van der Waals surface area contributed by atoms with Gasteiger partial charge in [0.05, 0.1) is 54.0 Å². The average Bonchev–Trinajstić information content (AvgIpc) is 4.08. The highest BCUT2D eigenvalue weighted by molar-refractivity contribution is 7.90. The standard InChI is InChI=1S/C44H55F2N5O8S2/c1-8-26-20-43(26,41(55)49-61(56,57)29-11-12-29)21-36(52)35-17-28(22-51(35)40(54)31(42(4,5)6)18-38(53)50-15-9-14-44(45,46)24-50)59-37-19-33(39-48-34(23-60-39)25(2)3)47-32-16-27(58-7)10-13-30(32)37/h8,10,13,16,19,23,25-26,28-29,31,35H,1,9,11-12,14-15,17-18,20-22,24H2,2-7H3,(H,49,55)/t26-,28-,31-,35+,43-/m1/s1. The molecule has 0 radical (unpaired) electrons. The number of piperidine rings is 1. The molecule has 2 aliphatic heterocycles. The molecule has 3 amide bonds. The normalized spacial score (nSPS) is 24.4. The van der Waals surface area contributed by atoms with Crippen LogP contribution >= 0.6 is 11.3 Å². The molecular weight excluding hydrogens is 829 g/mol. The Morgan fingerprint density at radius 2 is 1.87 bits per heavy atom. The van der Waals surface area contributed by atoms with E-state index in [0.29, 0.717) is 45.9 Å². The number of ether oxygens (including phenoxy) is 2. The molecule has 2 saturated carbocycles. The molecule has 61 heavy (non-hydrogen) atoms. The third kappa shape index (κ3) is 9.47. The largest absolute Gasteiger partial charge is 0.497 e. The number of nitrogens with one attached hydrogen (secondary N) is 1. The van der Waals surface area contributed by atoms with Gasteiger partial charge in [-0.2, -0.15) is 0 Å². The zero-order valence-electron chi connectivity index (χ0n) is 35.5. The second-order valence-electron chi connectivity index (χ2n) is 18.5. The molecule has 0 bridgehead atoms. The molecule has 0 spiro atoms. The van der Waals surface area contributed by atoms with Crippen LogP contribution in [0.5, 0.6) is 11.5 Å². The smallest absolute Gasteiger partial charge is 0.265 e. The van der Waals surface area contributed by atoms with Crippen molar-refractivity contribution in [3.8, 4) is 22.2 Å². The van der Waals surface area contributed by atoms with Crippen molar-refractivity contribution in [3.63, 3.8) is 0 Å². The number of carbonyl (C=O) groups excluding carboxylic acids is 4. The van der Waals surface area contributed by atoms with Crippen LogP contribution in [0.3, 0.4) is 0 Å². The Morgan fingerprint density at radius 3 is 2.48 bits per heavy atom. The van der Waals surface area contributed by atoms with Gasteiger partial charge in [0.25, 0.3) is 5.92 Å². The van der Waals surface area contributed by atoms with E-state index < -0.39 is 86.1 Å². The number of pyridine rings is 1. The summed E-state index contributed by atoms with van der Waals surface area (Å²) < 4.78 is 69.0. The molecule has 5 atom stereocenters. The van der Waals surface area contributed by atoms with Crippen molar-refractivity contribution in [2.24, 2.45) is 22.7 Å². The molecular formula is C44H55F2N5O8S2. The molecule has 2 aromatic heterocycles.